The average Bonchev–Trinajstić information content (AvgIpc) is 2.77. The number of ether oxygens (including phenoxy) is 1. The van der Waals surface area contributed by atoms with Gasteiger partial charge >= 0.3 is 5.97 Å². The largest absolute Gasteiger partial charge is 0.468 e. The maximum absolute atomic E-state index is 11.4. The number of benzene rings is 1. The molecule has 0 saturated carbocycles. The van der Waals surface area contributed by atoms with Crippen LogP contribution in [0.5, 0.6) is 0 Å². The van der Waals surface area contributed by atoms with Crippen LogP contribution in [0.1, 0.15) is 23.5 Å². The van der Waals surface area contributed by atoms with Crippen molar-refractivity contribution in [1.29, 1.82) is 0 Å². The fraction of sp³-hybridized carbons (Fsp3) is 0.462. The third-order valence-electron chi connectivity index (χ3n) is 3.13. The van der Waals surface area contributed by atoms with Crippen molar-refractivity contribution in [1.82, 2.24) is 5.32 Å². The molecule has 0 amide bonds. The summed E-state index contributed by atoms with van der Waals surface area (Å²) in [5, 5.41) is 3.20. The molecule has 1 aliphatic rings. The molecule has 1 fully saturated rings. The quantitative estimate of drug-likeness (QED) is 0.768. The second-order valence-electron chi connectivity index (χ2n) is 4.33. The molecule has 1 heterocycles. The number of methoxy groups -OCH3 is 1. The lowest BCUT2D eigenvalue weighted by atomic mass is 9.95. The molecule has 0 aliphatic carbocycles. The van der Waals surface area contributed by atoms with Gasteiger partial charge in [-0.3, -0.25) is 4.79 Å². The molecule has 0 radical (unpaired) electrons. The molecule has 0 unspecified atom stereocenters. The molecule has 2 rings (SSSR count). The molecule has 0 spiro atoms. The number of nitrogens with one attached hydrogen (secondary N) is 1. The number of carbonyl (C=O) groups is 1. The Labute approximate surface area is 95.8 Å². The topological polar surface area (TPSA) is 38.3 Å². The van der Waals surface area contributed by atoms with Crippen molar-refractivity contribution < 1.29 is 9.53 Å². The van der Waals surface area contributed by atoms with E-state index in [2.05, 4.69) is 36.5 Å². The Hall–Kier alpha value is -1.35. The zero-order valence-electron chi connectivity index (χ0n) is 9.69. The monoisotopic (exact) mass is 219 g/mol. The molecule has 0 aromatic heterocycles. The van der Waals surface area contributed by atoms with Crippen molar-refractivity contribution in [2.24, 2.45) is 0 Å². The lowest BCUT2D eigenvalue weighted by molar-refractivity contribution is -0.142. The lowest BCUT2D eigenvalue weighted by Crippen LogP contribution is -2.31. The normalized spacial score (nSPS) is 24.4. The van der Waals surface area contributed by atoms with Crippen LogP contribution in [-0.4, -0.2) is 25.7 Å². The van der Waals surface area contributed by atoms with Crippen LogP contribution in [0.2, 0.25) is 0 Å². The zero-order valence-corrected chi connectivity index (χ0v) is 9.69. The predicted octanol–water partition coefficient (Wildman–Crippen LogP) is 1.61. The minimum absolute atomic E-state index is 0.143. The number of aryl methyl sites for hydroxylation is 1. The molecule has 3 nitrogen and oxygen atoms in total. The van der Waals surface area contributed by atoms with Crippen molar-refractivity contribution in [3.8, 4) is 0 Å². The maximum atomic E-state index is 11.4. The molecule has 1 N–H and O–H groups in total. The van der Waals surface area contributed by atoms with E-state index in [-0.39, 0.29) is 12.0 Å². The van der Waals surface area contributed by atoms with E-state index in [1.54, 1.807) is 0 Å². The van der Waals surface area contributed by atoms with Crippen LogP contribution in [0.3, 0.4) is 0 Å². The molecule has 0 bridgehead atoms. The minimum atomic E-state index is -0.157. The van der Waals surface area contributed by atoms with E-state index in [1.807, 2.05) is 0 Å². The third kappa shape index (κ3) is 2.25. The van der Waals surface area contributed by atoms with Gasteiger partial charge in [-0.1, -0.05) is 29.8 Å². The van der Waals surface area contributed by atoms with Crippen molar-refractivity contribution in [2.45, 2.75) is 25.3 Å². The van der Waals surface area contributed by atoms with E-state index in [1.165, 1.54) is 18.2 Å². The lowest BCUT2D eigenvalue weighted by Gasteiger charge is -2.10. The molecule has 2 atom stereocenters. The van der Waals surface area contributed by atoms with Gasteiger partial charge in [0.25, 0.3) is 0 Å². The molecule has 1 aromatic rings. The number of esters is 1. The van der Waals surface area contributed by atoms with Gasteiger partial charge in [0.15, 0.2) is 0 Å². The fourth-order valence-electron chi connectivity index (χ4n) is 2.24. The minimum Gasteiger partial charge on any atom is -0.468 e. The van der Waals surface area contributed by atoms with Crippen LogP contribution in [0.25, 0.3) is 0 Å². The Morgan fingerprint density at radius 1 is 1.50 bits per heavy atom. The van der Waals surface area contributed by atoms with Gasteiger partial charge in [0.1, 0.15) is 6.04 Å². The first-order chi connectivity index (χ1) is 7.70. The summed E-state index contributed by atoms with van der Waals surface area (Å²) in [6.07, 6.45) is 0.829. The van der Waals surface area contributed by atoms with Gasteiger partial charge in [0.05, 0.1) is 7.11 Å². The fourth-order valence-corrected chi connectivity index (χ4v) is 2.24. The summed E-state index contributed by atoms with van der Waals surface area (Å²) >= 11 is 0. The molecule has 3 heteroatoms. The first-order valence-corrected chi connectivity index (χ1v) is 5.58. The van der Waals surface area contributed by atoms with Crippen molar-refractivity contribution in [3.63, 3.8) is 0 Å². The van der Waals surface area contributed by atoms with Crippen LogP contribution >= 0.6 is 0 Å². The van der Waals surface area contributed by atoms with E-state index in [0.29, 0.717) is 5.92 Å². The van der Waals surface area contributed by atoms with Gasteiger partial charge in [-0.2, -0.15) is 0 Å². The Morgan fingerprint density at radius 2 is 2.31 bits per heavy atom. The van der Waals surface area contributed by atoms with Crippen molar-refractivity contribution in [2.75, 3.05) is 13.7 Å². The Morgan fingerprint density at radius 3 is 3.00 bits per heavy atom. The molecule has 1 aromatic carbocycles. The van der Waals surface area contributed by atoms with Gasteiger partial charge in [-0.05, 0) is 24.8 Å². The summed E-state index contributed by atoms with van der Waals surface area (Å²) in [7, 11) is 1.43. The maximum Gasteiger partial charge on any atom is 0.322 e. The molecule has 16 heavy (non-hydrogen) atoms. The van der Waals surface area contributed by atoms with Gasteiger partial charge in [0, 0.05) is 6.54 Å². The van der Waals surface area contributed by atoms with Gasteiger partial charge < -0.3 is 10.1 Å². The Kier molecular flexibility index (Phi) is 3.25. The molecular weight excluding hydrogens is 202 g/mol. The second kappa shape index (κ2) is 4.66. The van der Waals surface area contributed by atoms with E-state index >= 15 is 0 Å². The average molecular weight is 219 g/mol. The van der Waals surface area contributed by atoms with Crippen molar-refractivity contribution >= 4 is 5.97 Å². The van der Waals surface area contributed by atoms with E-state index in [0.717, 1.165) is 13.0 Å². The molecule has 86 valence electrons. The van der Waals surface area contributed by atoms with E-state index < -0.39 is 0 Å². The van der Waals surface area contributed by atoms with Crippen LogP contribution in [0, 0.1) is 6.92 Å². The smallest absolute Gasteiger partial charge is 0.322 e. The van der Waals surface area contributed by atoms with Gasteiger partial charge in [0.2, 0.25) is 0 Å². The van der Waals surface area contributed by atoms with E-state index in [4.69, 9.17) is 4.74 Å². The van der Waals surface area contributed by atoms with Crippen LogP contribution in [-0.2, 0) is 9.53 Å². The van der Waals surface area contributed by atoms with E-state index in [9.17, 15) is 4.79 Å². The van der Waals surface area contributed by atoms with Gasteiger partial charge in [-0.25, -0.2) is 0 Å². The Bertz CT molecular complexity index is 389. The zero-order chi connectivity index (χ0) is 11.5. The summed E-state index contributed by atoms with van der Waals surface area (Å²) in [5.74, 6) is 0.263. The highest BCUT2D eigenvalue weighted by molar-refractivity contribution is 5.76. The highest BCUT2D eigenvalue weighted by atomic mass is 16.5. The molecular formula is C13H17NO2. The summed E-state index contributed by atoms with van der Waals surface area (Å²) < 4.78 is 4.74. The highest BCUT2D eigenvalue weighted by Gasteiger charge is 2.30. The second-order valence-corrected chi connectivity index (χ2v) is 4.33. The number of carbonyl (C=O) groups excluding carboxylic acids is 1. The van der Waals surface area contributed by atoms with Gasteiger partial charge in [-0.15, -0.1) is 0 Å². The summed E-state index contributed by atoms with van der Waals surface area (Å²) in [4.78, 5) is 11.4. The molecule has 1 saturated heterocycles. The predicted molar refractivity (Wildman–Crippen MR) is 62.3 cm³/mol. The SMILES string of the molecule is COC(=O)[C@@H]1C[C@@H](c2cccc(C)c2)CN1. The summed E-state index contributed by atoms with van der Waals surface area (Å²) in [5.41, 5.74) is 2.57. The number of hydrogen-bond acceptors (Lipinski definition) is 3. The molecule has 1 aliphatic heterocycles. The Balaban J connectivity index is 2.06. The van der Waals surface area contributed by atoms with Crippen LogP contribution < -0.4 is 5.32 Å². The summed E-state index contributed by atoms with van der Waals surface area (Å²) in [6.45, 7) is 2.94. The first-order valence-electron chi connectivity index (χ1n) is 5.58. The number of hydrogen-bond donors (Lipinski definition) is 1. The summed E-state index contributed by atoms with van der Waals surface area (Å²) in [6, 6.07) is 8.32. The highest BCUT2D eigenvalue weighted by Crippen LogP contribution is 2.26. The number of rotatable bonds is 2. The van der Waals surface area contributed by atoms with Crippen LogP contribution in [0.4, 0.5) is 0 Å². The van der Waals surface area contributed by atoms with Crippen molar-refractivity contribution in [3.05, 3.63) is 35.4 Å². The third-order valence-corrected chi connectivity index (χ3v) is 3.13. The first kappa shape index (κ1) is 11.1. The standard InChI is InChI=1S/C13H17NO2/c1-9-4-3-5-10(6-9)11-7-12(14-8-11)13(15)16-2/h3-6,11-12,14H,7-8H2,1-2H3/t11-,12+/m1/s1. The van der Waals surface area contributed by atoms with Crippen LogP contribution in [0.15, 0.2) is 24.3 Å².